The number of methoxy groups -OCH3 is 2. The number of benzene rings is 2. The average molecular weight is 446 g/mol. The van der Waals surface area contributed by atoms with Gasteiger partial charge in [0.05, 0.1) is 25.3 Å². The number of aliphatic hydroxyl groups excluding tert-OH is 1. The fourth-order valence-electron chi connectivity index (χ4n) is 3.23. The number of Topliss-reactive ketones (excluding diaryl/α,β-unsaturated/α-hetero) is 1. The Morgan fingerprint density at radius 2 is 1.86 bits per heavy atom. The highest BCUT2D eigenvalue weighted by Crippen LogP contribution is 2.39. The molecule has 1 heterocycles. The van der Waals surface area contributed by atoms with Gasteiger partial charge >= 0.3 is 0 Å². The van der Waals surface area contributed by atoms with Gasteiger partial charge in [-0.05, 0) is 42.0 Å². The second-order valence-electron chi connectivity index (χ2n) is 6.27. The normalized spacial score (nSPS) is 18.5. The highest BCUT2D eigenvalue weighted by atomic mass is 79.9. The zero-order chi connectivity index (χ0) is 20.3. The number of rotatable bonds is 6. The van der Waals surface area contributed by atoms with Gasteiger partial charge in [-0.15, -0.1) is 0 Å². The zero-order valence-electron chi connectivity index (χ0n) is 15.5. The molecule has 0 spiro atoms. The van der Waals surface area contributed by atoms with E-state index >= 15 is 0 Å². The molecule has 7 heteroatoms. The maximum Gasteiger partial charge on any atom is 0.295 e. The van der Waals surface area contributed by atoms with Gasteiger partial charge in [0, 0.05) is 23.7 Å². The summed E-state index contributed by atoms with van der Waals surface area (Å²) in [5.74, 6) is -0.960. The van der Waals surface area contributed by atoms with Gasteiger partial charge in [-0.25, -0.2) is 0 Å². The largest absolute Gasteiger partial charge is 0.507 e. The third-order valence-corrected chi connectivity index (χ3v) is 5.10. The first kappa shape index (κ1) is 20.1. The predicted octanol–water partition coefficient (Wildman–Crippen LogP) is 3.53. The summed E-state index contributed by atoms with van der Waals surface area (Å²) in [5, 5.41) is 10.9. The minimum Gasteiger partial charge on any atom is -0.507 e. The summed E-state index contributed by atoms with van der Waals surface area (Å²) in [6, 6.07) is 13.3. The Kier molecular flexibility index (Phi) is 6.16. The van der Waals surface area contributed by atoms with Crippen molar-refractivity contribution in [1.82, 2.24) is 4.90 Å². The molecular weight excluding hydrogens is 426 g/mol. The minimum atomic E-state index is -0.714. The lowest BCUT2D eigenvalue weighted by Crippen LogP contribution is -2.32. The number of carbonyl (C=O) groups excluding carboxylic acids is 2. The summed E-state index contributed by atoms with van der Waals surface area (Å²) in [6.07, 6.45) is 0. The van der Waals surface area contributed by atoms with Gasteiger partial charge < -0.3 is 19.5 Å². The maximum atomic E-state index is 12.8. The zero-order valence-corrected chi connectivity index (χ0v) is 17.1. The van der Waals surface area contributed by atoms with E-state index in [1.165, 1.54) is 12.0 Å². The number of ketones is 1. The van der Waals surface area contributed by atoms with Crippen LogP contribution in [-0.4, -0.2) is 49.1 Å². The summed E-state index contributed by atoms with van der Waals surface area (Å²) in [4.78, 5) is 26.9. The van der Waals surface area contributed by atoms with Crippen molar-refractivity contribution in [1.29, 1.82) is 0 Å². The number of halogens is 1. The number of carbonyl (C=O) groups is 2. The van der Waals surface area contributed by atoms with Crippen LogP contribution in [0.15, 0.2) is 58.6 Å². The molecule has 0 bridgehead atoms. The standard InChI is InChI=1S/C21H20BrNO5/c1-27-11-10-23-18(14-4-3-5-15(22)12-14)17(20(25)21(23)26)19(24)13-6-8-16(28-2)9-7-13/h3-9,12,18,24H,10-11H2,1-2H3/b19-17+/t18-/m0/s1. The van der Waals surface area contributed by atoms with E-state index in [4.69, 9.17) is 9.47 Å². The van der Waals surface area contributed by atoms with Crippen molar-refractivity contribution in [2.24, 2.45) is 0 Å². The molecule has 3 rings (SSSR count). The van der Waals surface area contributed by atoms with E-state index in [1.807, 2.05) is 24.3 Å². The summed E-state index contributed by atoms with van der Waals surface area (Å²) in [5.41, 5.74) is 1.22. The Labute approximate surface area is 171 Å². The molecule has 1 fully saturated rings. The molecule has 1 N–H and O–H groups in total. The lowest BCUT2D eigenvalue weighted by atomic mass is 9.95. The average Bonchev–Trinajstić information content (AvgIpc) is 2.96. The second-order valence-corrected chi connectivity index (χ2v) is 7.18. The fraction of sp³-hybridized carbons (Fsp3) is 0.238. The van der Waals surface area contributed by atoms with Crippen LogP contribution in [0.1, 0.15) is 17.2 Å². The highest BCUT2D eigenvalue weighted by molar-refractivity contribution is 9.10. The first-order valence-corrected chi connectivity index (χ1v) is 9.44. The quantitative estimate of drug-likeness (QED) is 0.418. The smallest absolute Gasteiger partial charge is 0.295 e. The molecule has 1 saturated heterocycles. The van der Waals surface area contributed by atoms with Gasteiger partial charge in [0.1, 0.15) is 11.5 Å². The molecule has 6 nitrogen and oxygen atoms in total. The first-order chi connectivity index (χ1) is 13.5. The van der Waals surface area contributed by atoms with Crippen LogP contribution >= 0.6 is 15.9 Å². The molecule has 2 aromatic rings. The predicted molar refractivity (Wildman–Crippen MR) is 108 cm³/mol. The maximum absolute atomic E-state index is 12.8. The van der Waals surface area contributed by atoms with Crippen LogP contribution in [0.4, 0.5) is 0 Å². The van der Waals surface area contributed by atoms with E-state index < -0.39 is 17.7 Å². The van der Waals surface area contributed by atoms with E-state index in [1.54, 1.807) is 31.4 Å². The van der Waals surface area contributed by atoms with Gasteiger partial charge in [0.2, 0.25) is 0 Å². The van der Waals surface area contributed by atoms with Gasteiger partial charge in [0.15, 0.2) is 0 Å². The number of ether oxygens (including phenoxy) is 2. The SMILES string of the molecule is COCCN1C(=O)C(=O)/C(=C(/O)c2ccc(OC)cc2)[C@@H]1c1cccc(Br)c1. The number of hydrogen-bond acceptors (Lipinski definition) is 5. The Morgan fingerprint density at radius 1 is 1.14 bits per heavy atom. The van der Waals surface area contributed by atoms with Crippen molar-refractivity contribution in [3.63, 3.8) is 0 Å². The van der Waals surface area contributed by atoms with Crippen molar-refractivity contribution in [2.75, 3.05) is 27.4 Å². The molecule has 0 aliphatic carbocycles. The van der Waals surface area contributed by atoms with Crippen molar-refractivity contribution in [3.05, 3.63) is 69.7 Å². The van der Waals surface area contributed by atoms with E-state index in [0.717, 1.165) is 10.0 Å². The van der Waals surface area contributed by atoms with Crippen LogP contribution in [0.3, 0.4) is 0 Å². The molecule has 1 aliphatic rings. The number of likely N-dealkylation sites (tertiary alicyclic amines) is 1. The van der Waals surface area contributed by atoms with Crippen molar-refractivity contribution >= 4 is 33.4 Å². The highest BCUT2D eigenvalue weighted by Gasteiger charge is 2.45. The van der Waals surface area contributed by atoms with Gasteiger partial charge in [-0.3, -0.25) is 9.59 Å². The minimum absolute atomic E-state index is 0.0596. The Morgan fingerprint density at radius 3 is 2.46 bits per heavy atom. The molecule has 1 atom stereocenters. The van der Waals surface area contributed by atoms with Crippen molar-refractivity contribution in [2.45, 2.75) is 6.04 Å². The fourth-order valence-corrected chi connectivity index (χ4v) is 3.64. The van der Waals surface area contributed by atoms with Gasteiger partial charge in [0.25, 0.3) is 11.7 Å². The van der Waals surface area contributed by atoms with Gasteiger partial charge in [-0.2, -0.15) is 0 Å². The Balaban J connectivity index is 2.14. The number of hydrogen-bond donors (Lipinski definition) is 1. The Bertz CT molecular complexity index is 923. The van der Waals surface area contributed by atoms with E-state index in [2.05, 4.69) is 15.9 Å². The second kappa shape index (κ2) is 8.58. The lowest BCUT2D eigenvalue weighted by Gasteiger charge is -2.25. The molecule has 0 unspecified atom stereocenters. The van der Waals surface area contributed by atoms with Crippen LogP contribution in [-0.2, 0) is 14.3 Å². The topological polar surface area (TPSA) is 76.1 Å². The lowest BCUT2D eigenvalue weighted by molar-refractivity contribution is -0.140. The van der Waals surface area contributed by atoms with E-state index in [-0.39, 0.29) is 24.5 Å². The van der Waals surface area contributed by atoms with E-state index in [0.29, 0.717) is 11.3 Å². The first-order valence-electron chi connectivity index (χ1n) is 8.65. The molecular formula is C21H20BrNO5. The van der Waals surface area contributed by atoms with E-state index in [9.17, 15) is 14.7 Å². The third kappa shape index (κ3) is 3.81. The van der Waals surface area contributed by atoms with Crippen molar-refractivity contribution in [3.8, 4) is 5.75 Å². The monoisotopic (exact) mass is 445 g/mol. The summed E-state index contributed by atoms with van der Waals surface area (Å²) in [7, 11) is 3.07. The van der Waals surface area contributed by atoms with Gasteiger partial charge in [-0.1, -0.05) is 28.1 Å². The number of aliphatic hydroxyl groups is 1. The van der Waals surface area contributed by atoms with Crippen LogP contribution in [0.5, 0.6) is 5.75 Å². The molecule has 1 amide bonds. The van der Waals surface area contributed by atoms with Crippen LogP contribution in [0.25, 0.3) is 5.76 Å². The number of nitrogens with zero attached hydrogens (tertiary/aromatic N) is 1. The molecule has 28 heavy (non-hydrogen) atoms. The van der Waals surface area contributed by atoms with Crippen molar-refractivity contribution < 1.29 is 24.2 Å². The third-order valence-electron chi connectivity index (χ3n) is 4.60. The molecule has 0 radical (unpaired) electrons. The number of amides is 1. The van der Waals surface area contributed by atoms with Crippen LogP contribution in [0, 0.1) is 0 Å². The van der Waals surface area contributed by atoms with Crippen LogP contribution < -0.4 is 4.74 Å². The molecule has 1 aliphatic heterocycles. The summed E-state index contributed by atoms with van der Waals surface area (Å²) in [6.45, 7) is 0.512. The molecule has 0 saturated carbocycles. The Hall–Kier alpha value is -2.64. The summed E-state index contributed by atoms with van der Waals surface area (Å²) < 4.78 is 11.0. The van der Waals surface area contributed by atoms with Crippen LogP contribution in [0.2, 0.25) is 0 Å². The summed E-state index contributed by atoms with van der Waals surface area (Å²) >= 11 is 3.42. The molecule has 2 aromatic carbocycles. The molecule has 146 valence electrons. The molecule has 0 aromatic heterocycles.